The van der Waals surface area contributed by atoms with Gasteiger partial charge >= 0.3 is 0 Å². The third-order valence-electron chi connectivity index (χ3n) is 1.53. The van der Waals surface area contributed by atoms with Crippen LogP contribution < -0.4 is 11.3 Å². The molecule has 0 bridgehead atoms. The monoisotopic (exact) mass is 250 g/mol. The Bertz CT molecular complexity index is 253. The highest BCUT2D eigenvalue weighted by Gasteiger charge is 1.95. The predicted molar refractivity (Wildman–Crippen MR) is 57.2 cm³/mol. The molecular weight excluding hydrogens is 239 g/mol. The van der Waals surface area contributed by atoms with Gasteiger partial charge in [-0.15, -0.1) is 12.4 Å². The van der Waals surface area contributed by atoms with Crippen LogP contribution in [0.2, 0.25) is 0 Å². The van der Waals surface area contributed by atoms with Crippen LogP contribution in [0.15, 0.2) is 22.7 Å². The van der Waals surface area contributed by atoms with Crippen molar-refractivity contribution in [3.8, 4) is 0 Å². The molecule has 1 rings (SSSR count). The number of hydrogen-bond donors (Lipinski definition) is 2. The molecule has 0 atom stereocenters. The molecule has 4 heteroatoms. The van der Waals surface area contributed by atoms with Crippen LogP contribution in [-0.4, -0.2) is 0 Å². The molecule has 0 fully saturated rings. The number of aryl methyl sites for hydroxylation is 1. The molecular formula is C8H12BrClN2. The molecule has 1 aromatic carbocycles. The minimum Gasteiger partial charge on any atom is -0.271 e. The van der Waals surface area contributed by atoms with Crippen molar-refractivity contribution >= 4 is 28.3 Å². The molecule has 1 aromatic rings. The van der Waals surface area contributed by atoms with Gasteiger partial charge in [0, 0.05) is 11.0 Å². The van der Waals surface area contributed by atoms with Gasteiger partial charge in [-0.3, -0.25) is 11.3 Å². The largest absolute Gasteiger partial charge is 0.271 e. The first kappa shape index (κ1) is 11.9. The number of halogens is 2. The summed E-state index contributed by atoms with van der Waals surface area (Å²) < 4.78 is 1.14. The average molecular weight is 252 g/mol. The maximum atomic E-state index is 5.19. The number of nitrogens with two attached hydrogens (primary N) is 1. The van der Waals surface area contributed by atoms with E-state index in [-0.39, 0.29) is 12.4 Å². The van der Waals surface area contributed by atoms with Crippen LogP contribution in [0, 0.1) is 6.92 Å². The smallest absolute Gasteiger partial charge is 0.0348 e. The SMILES string of the molecule is Cc1cc(CNN)ccc1Br.Cl. The van der Waals surface area contributed by atoms with Crippen molar-refractivity contribution in [3.05, 3.63) is 33.8 Å². The minimum atomic E-state index is 0. The molecule has 68 valence electrons. The lowest BCUT2D eigenvalue weighted by Crippen LogP contribution is -2.20. The molecule has 2 nitrogen and oxygen atoms in total. The highest BCUT2D eigenvalue weighted by Crippen LogP contribution is 2.16. The van der Waals surface area contributed by atoms with Gasteiger partial charge in [0.15, 0.2) is 0 Å². The van der Waals surface area contributed by atoms with E-state index in [0.29, 0.717) is 6.54 Å². The van der Waals surface area contributed by atoms with Gasteiger partial charge in [-0.2, -0.15) is 0 Å². The predicted octanol–water partition coefficient (Wildman–Crippen LogP) is 2.14. The first-order valence-corrected chi connectivity index (χ1v) is 4.22. The third-order valence-corrected chi connectivity index (χ3v) is 2.42. The summed E-state index contributed by atoms with van der Waals surface area (Å²) in [5.41, 5.74) is 5.05. The number of hydrogen-bond acceptors (Lipinski definition) is 2. The first-order chi connectivity index (χ1) is 5.24. The average Bonchev–Trinajstić information content (AvgIpc) is 1.98. The zero-order valence-electron chi connectivity index (χ0n) is 6.80. The summed E-state index contributed by atoms with van der Waals surface area (Å²) in [4.78, 5) is 0. The lowest BCUT2D eigenvalue weighted by Gasteiger charge is -2.02. The van der Waals surface area contributed by atoms with Crippen LogP contribution in [-0.2, 0) is 6.54 Å². The van der Waals surface area contributed by atoms with Crippen LogP contribution in [0.4, 0.5) is 0 Å². The van der Waals surface area contributed by atoms with E-state index in [1.807, 2.05) is 12.1 Å². The molecule has 0 amide bonds. The van der Waals surface area contributed by atoms with Crippen molar-refractivity contribution in [3.63, 3.8) is 0 Å². The van der Waals surface area contributed by atoms with Crippen molar-refractivity contribution in [2.75, 3.05) is 0 Å². The van der Waals surface area contributed by atoms with Gasteiger partial charge in [-0.25, -0.2) is 0 Å². The number of rotatable bonds is 2. The van der Waals surface area contributed by atoms with Crippen LogP contribution in [0.5, 0.6) is 0 Å². The second kappa shape index (κ2) is 5.54. The maximum Gasteiger partial charge on any atom is 0.0348 e. The Morgan fingerprint density at radius 2 is 2.17 bits per heavy atom. The van der Waals surface area contributed by atoms with Crippen molar-refractivity contribution < 1.29 is 0 Å². The zero-order valence-corrected chi connectivity index (χ0v) is 9.21. The molecule has 0 unspecified atom stereocenters. The molecule has 0 aromatic heterocycles. The number of nitrogens with one attached hydrogen (secondary N) is 1. The fourth-order valence-electron chi connectivity index (χ4n) is 0.935. The summed E-state index contributed by atoms with van der Waals surface area (Å²) >= 11 is 3.43. The van der Waals surface area contributed by atoms with Crippen molar-refractivity contribution in [1.82, 2.24) is 5.43 Å². The molecule has 0 radical (unpaired) electrons. The first-order valence-electron chi connectivity index (χ1n) is 3.42. The van der Waals surface area contributed by atoms with Crippen molar-refractivity contribution in [2.24, 2.45) is 5.84 Å². The van der Waals surface area contributed by atoms with E-state index in [1.54, 1.807) is 0 Å². The fraction of sp³-hybridized carbons (Fsp3) is 0.250. The van der Waals surface area contributed by atoms with Crippen LogP contribution in [0.1, 0.15) is 11.1 Å². The molecule has 0 aliphatic carbocycles. The second-order valence-electron chi connectivity index (χ2n) is 2.46. The van der Waals surface area contributed by atoms with Gasteiger partial charge in [-0.05, 0) is 24.1 Å². The lowest BCUT2D eigenvalue weighted by atomic mass is 10.1. The summed E-state index contributed by atoms with van der Waals surface area (Å²) in [5.74, 6) is 5.19. The highest BCUT2D eigenvalue weighted by atomic mass is 79.9. The molecule has 0 saturated heterocycles. The van der Waals surface area contributed by atoms with Gasteiger partial charge in [0.25, 0.3) is 0 Å². The van der Waals surface area contributed by atoms with E-state index < -0.39 is 0 Å². The van der Waals surface area contributed by atoms with Gasteiger partial charge in [0.1, 0.15) is 0 Å². The minimum absolute atomic E-state index is 0. The maximum absolute atomic E-state index is 5.19. The van der Waals surface area contributed by atoms with E-state index in [2.05, 4.69) is 34.3 Å². The second-order valence-corrected chi connectivity index (χ2v) is 3.32. The Labute approximate surface area is 87.0 Å². The third kappa shape index (κ3) is 3.11. The molecule has 0 heterocycles. The fourth-order valence-corrected chi connectivity index (χ4v) is 1.18. The van der Waals surface area contributed by atoms with Crippen LogP contribution in [0.25, 0.3) is 0 Å². The summed E-state index contributed by atoms with van der Waals surface area (Å²) in [6, 6.07) is 6.17. The molecule has 0 saturated carbocycles. The summed E-state index contributed by atoms with van der Waals surface area (Å²) in [6.07, 6.45) is 0. The Balaban J connectivity index is 0.00000121. The molecule has 0 aliphatic rings. The van der Waals surface area contributed by atoms with Crippen LogP contribution >= 0.6 is 28.3 Å². The van der Waals surface area contributed by atoms with Gasteiger partial charge in [-0.1, -0.05) is 28.1 Å². The summed E-state index contributed by atoms with van der Waals surface area (Å²) in [5, 5.41) is 0. The highest BCUT2D eigenvalue weighted by molar-refractivity contribution is 9.10. The zero-order chi connectivity index (χ0) is 8.27. The number of benzene rings is 1. The Morgan fingerprint density at radius 3 is 2.67 bits per heavy atom. The molecule has 0 spiro atoms. The van der Waals surface area contributed by atoms with Crippen molar-refractivity contribution in [2.45, 2.75) is 13.5 Å². The van der Waals surface area contributed by atoms with E-state index in [0.717, 1.165) is 4.47 Å². The molecule has 12 heavy (non-hydrogen) atoms. The molecule has 0 aliphatic heterocycles. The van der Waals surface area contributed by atoms with Crippen molar-refractivity contribution in [1.29, 1.82) is 0 Å². The van der Waals surface area contributed by atoms with E-state index >= 15 is 0 Å². The van der Waals surface area contributed by atoms with Gasteiger partial charge in [0.2, 0.25) is 0 Å². The van der Waals surface area contributed by atoms with E-state index in [4.69, 9.17) is 5.84 Å². The normalized spacial score (nSPS) is 9.25. The quantitative estimate of drug-likeness (QED) is 0.624. The number of hydrazine groups is 1. The van der Waals surface area contributed by atoms with Gasteiger partial charge in [0.05, 0.1) is 0 Å². The van der Waals surface area contributed by atoms with E-state index in [9.17, 15) is 0 Å². The van der Waals surface area contributed by atoms with Gasteiger partial charge < -0.3 is 0 Å². The van der Waals surface area contributed by atoms with E-state index in [1.165, 1.54) is 11.1 Å². The lowest BCUT2D eigenvalue weighted by molar-refractivity contribution is 0.740. The topological polar surface area (TPSA) is 38.0 Å². The summed E-state index contributed by atoms with van der Waals surface area (Å²) in [7, 11) is 0. The Kier molecular flexibility index (Phi) is 5.50. The standard InChI is InChI=1S/C8H11BrN2.ClH/c1-6-4-7(5-11-10)2-3-8(6)9;/h2-4,11H,5,10H2,1H3;1H. The Morgan fingerprint density at radius 1 is 1.50 bits per heavy atom. The Hall–Kier alpha value is -0.0900. The summed E-state index contributed by atoms with van der Waals surface area (Å²) in [6.45, 7) is 2.78. The molecule has 3 N–H and O–H groups in total. The van der Waals surface area contributed by atoms with Crippen LogP contribution in [0.3, 0.4) is 0 Å².